The summed E-state index contributed by atoms with van der Waals surface area (Å²) in [5.41, 5.74) is 1.84. The number of hydrogen-bond acceptors (Lipinski definition) is 3. The molecule has 3 rings (SSSR count). The minimum atomic E-state index is -0.527. The summed E-state index contributed by atoms with van der Waals surface area (Å²) in [5, 5.41) is 8.84. The average molecular weight is 380 g/mol. The monoisotopic (exact) mass is 379 g/mol. The van der Waals surface area contributed by atoms with Gasteiger partial charge in [0.15, 0.2) is 5.82 Å². The van der Waals surface area contributed by atoms with Gasteiger partial charge in [-0.15, -0.1) is 0 Å². The van der Waals surface area contributed by atoms with Gasteiger partial charge in [0.2, 0.25) is 0 Å². The molecule has 1 fully saturated rings. The van der Waals surface area contributed by atoms with Crippen LogP contribution < -0.4 is 0 Å². The van der Waals surface area contributed by atoms with E-state index in [-0.39, 0.29) is 5.56 Å². The maximum Gasteiger partial charge on any atom is 0.159 e. The Morgan fingerprint density at radius 1 is 1.04 bits per heavy atom. The van der Waals surface area contributed by atoms with Gasteiger partial charge >= 0.3 is 0 Å². The van der Waals surface area contributed by atoms with Gasteiger partial charge in [-0.3, -0.25) is 0 Å². The van der Waals surface area contributed by atoms with Crippen molar-refractivity contribution in [1.82, 2.24) is 9.97 Å². The number of rotatable bonds is 8. The predicted molar refractivity (Wildman–Crippen MR) is 110 cm³/mol. The molecule has 0 bridgehead atoms. The van der Waals surface area contributed by atoms with Crippen LogP contribution in [0, 0.1) is 23.1 Å². The molecule has 0 unspecified atom stereocenters. The quantitative estimate of drug-likeness (QED) is 0.474. The van der Waals surface area contributed by atoms with Crippen molar-refractivity contribution in [2.24, 2.45) is 5.92 Å². The minimum absolute atomic E-state index is 0.0440. The van der Waals surface area contributed by atoms with Crippen molar-refractivity contribution in [2.45, 2.75) is 77.0 Å². The lowest BCUT2D eigenvalue weighted by Crippen LogP contribution is -2.14. The van der Waals surface area contributed by atoms with E-state index in [9.17, 15) is 4.39 Å². The van der Waals surface area contributed by atoms with E-state index >= 15 is 0 Å². The summed E-state index contributed by atoms with van der Waals surface area (Å²) in [6.07, 6.45) is 17.1. The summed E-state index contributed by atoms with van der Waals surface area (Å²) in [7, 11) is 0. The molecule has 0 N–H and O–H groups in total. The van der Waals surface area contributed by atoms with Crippen LogP contribution in [0.15, 0.2) is 30.6 Å². The highest BCUT2D eigenvalue weighted by Gasteiger charge is 2.22. The van der Waals surface area contributed by atoms with Crippen molar-refractivity contribution in [2.75, 3.05) is 0 Å². The Labute approximate surface area is 168 Å². The zero-order valence-electron chi connectivity index (χ0n) is 16.8. The largest absolute Gasteiger partial charge is 0.236 e. The van der Waals surface area contributed by atoms with E-state index in [1.165, 1.54) is 81.9 Å². The molecule has 28 heavy (non-hydrogen) atoms. The number of unbranched alkanes of at least 4 members (excludes halogenated alkanes) is 4. The third kappa shape index (κ3) is 5.38. The molecular formula is C24H30FN3. The van der Waals surface area contributed by atoms with E-state index < -0.39 is 5.82 Å². The van der Waals surface area contributed by atoms with Crippen LogP contribution in [0.4, 0.5) is 4.39 Å². The minimum Gasteiger partial charge on any atom is -0.236 e. The van der Waals surface area contributed by atoms with E-state index in [0.29, 0.717) is 17.3 Å². The van der Waals surface area contributed by atoms with Gasteiger partial charge in [-0.2, -0.15) is 5.26 Å². The SMILES string of the molecule is CCCCCCC[C@H]1CC[C@H](c2cnc(-c3ccc(C#N)c(F)c3)nc2)CC1. The molecular weight excluding hydrogens is 349 g/mol. The molecule has 3 nitrogen and oxygen atoms in total. The Morgan fingerprint density at radius 3 is 2.39 bits per heavy atom. The lowest BCUT2D eigenvalue weighted by molar-refractivity contribution is 0.301. The second kappa shape index (κ2) is 10.3. The Hall–Kier alpha value is -2.28. The number of nitriles is 1. The first-order valence-corrected chi connectivity index (χ1v) is 10.7. The molecule has 0 aliphatic heterocycles. The lowest BCUT2D eigenvalue weighted by atomic mass is 9.77. The van der Waals surface area contributed by atoms with E-state index in [1.54, 1.807) is 6.07 Å². The van der Waals surface area contributed by atoms with E-state index in [2.05, 4.69) is 16.9 Å². The fourth-order valence-corrected chi connectivity index (χ4v) is 4.26. The van der Waals surface area contributed by atoms with Crippen LogP contribution in [0.25, 0.3) is 11.4 Å². The molecule has 4 heteroatoms. The van der Waals surface area contributed by atoms with Crippen LogP contribution in [0.1, 0.15) is 88.2 Å². The molecule has 0 radical (unpaired) electrons. The number of benzene rings is 1. The first-order chi connectivity index (χ1) is 13.7. The van der Waals surface area contributed by atoms with Gasteiger partial charge in [-0.05, 0) is 61.3 Å². The molecule has 2 aromatic rings. The summed E-state index contributed by atoms with van der Waals surface area (Å²) in [6, 6.07) is 6.34. The third-order valence-corrected chi connectivity index (χ3v) is 6.05. The van der Waals surface area contributed by atoms with Crippen molar-refractivity contribution >= 4 is 0 Å². The highest BCUT2D eigenvalue weighted by Crippen LogP contribution is 2.37. The van der Waals surface area contributed by atoms with Crippen LogP contribution >= 0.6 is 0 Å². The summed E-state index contributed by atoms with van der Waals surface area (Å²) in [5.74, 6) is 1.41. The summed E-state index contributed by atoms with van der Waals surface area (Å²) < 4.78 is 13.8. The fourth-order valence-electron chi connectivity index (χ4n) is 4.26. The van der Waals surface area contributed by atoms with Gasteiger partial charge in [0, 0.05) is 18.0 Å². The summed E-state index contributed by atoms with van der Waals surface area (Å²) in [6.45, 7) is 2.26. The molecule has 0 atom stereocenters. The van der Waals surface area contributed by atoms with Gasteiger partial charge in [-0.25, -0.2) is 14.4 Å². The molecule has 1 aliphatic carbocycles. The standard InChI is InChI=1S/C24H30FN3/c1-2-3-4-5-6-7-18-8-10-19(11-9-18)22-16-27-24(28-17-22)20-12-13-21(15-26)23(25)14-20/h12-14,16-19H,2-11H2,1H3/t18-,19-. The highest BCUT2D eigenvalue weighted by atomic mass is 19.1. The molecule has 1 aromatic carbocycles. The molecule has 0 amide bonds. The maximum atomic E-state index is 13.8. The second-order valence-corrected chi connectivity index (χ2v) is 8.07. The van der Waals surface area contributed by atoms with Crippen molar-refractivity contribution in [1.29, 1.82) is 5.26 Å². The molecule has 1 aromatic heterocycles. The van der Waals surface area contributed by atoms with Gasteiger partial charge in [0.1, 0.15) is 11.9 Å². The highest BCUT2D eigenvalue weighted by molar-refractivity contribution is 5.56. The van der Waals surface area contributed by atoms with Crippen molar-refractivity contribution in [3.8, 4) is 17.5 Å². The molecule has 1 heterocycles. The smallest absolute Gasteiger partial charge is 0.159 e. The number of nitrogens with zero attached hydrogens (tertiary/aromatic N) is 3. The predicted octanol–water partition coefficient (Wildman–Crippen LogP) is 6.79. The van der Waals surface area contributed by atoms with Crippen LogP contribution in [0.3, 0.4) is 0 Å². The molecule has 0 spiro atoms. The van der Waals surface area contributed by atoms with Crippen LogP contribution in [-0.4, -0.2) is 9.97 Å². The zero-order chi connectivity index (χ0) is 19.8. The normalized spacial score (nSPS) is 19.3. The van der Waals surface area contributed by atoms with Crippen LogP contribution in [-0.2, 0) is 0 Å². The Balaban J connectivity index is 1.51. The zero-order valence-corrected chi connectivity index (χ0v) is 16.8. The Kier molecular flexibility index (Phi) is 7.54. The van der Waals surface area contributed by atoms with Crippen LogP contribution in [0.2, 0.25) is 0 Å². The molecule has 1 aliphatic rings. The van der Waals surface area contributed by atoms with E-state index in [0.717, 1.165) is 5.92 Å². The van der Waals surface area contributed by atoms with Gasteiger partial charge in [0.25, 0.3) is 0 Å². The van der Waals surface area contributed by atoms with E-state index in [1.807, 2.05) is 18.5 Å². The first-order valence-electron chi connectivity index (χ1n) is 10.7. The summed E-state index contributed by atoms with van der Waals surface area (Å²) in [4.78, 5) is 8.91. The maximum absolute atomic E-state index is 13.8. The molecule has 1 saturated carbocycles. The van der Waals surface area contributed by atoms with Crippen molar-refractivity contribution < 1.29 is 4.39 Å². The third-order valence-electron chi connectivity index (χ3n) is 6.05. The number of hydrogen-bond donors (Lipinski definition) is 0. The summed E-state index contributed by atoms with van der Waals surface area (Å²) >= 11 is 0. The first kappa shape index (κ1) is 20.5. The van der Waals surface area contributed by atoms with Crippen molar-refractivity contribution in [3.63, 3.8) is 0 Å². The lowest BCUT2D eigenvalue weighted by Gasteiger charge is -2.28. The van der Waals surface area contributed by atoms with E-state index in [4.69, 9.17) is 5.26 Å². The van der Waals surface area contributed by atoms with Crippen molar-refractivity contribution in [3.05, 3.63) is 47.5 Å². The molecule has 148 valence electrons. The average Bonchev–Trinajstić information content (AvgIpc) is 2.74. The van der Waals surface area contributed by atoms with Gasteiger partial charge in [-0.1, -0.05) is 45.4 Å². The number of halogens is 1. The fraction of sp³-hybridized carbons (Fsp3) is 0.542. The number of aromatic nitrogens is 2. The topological polar surface area (TPSA) is 49.6 Å². The molecule has 0 saturated heterocycles. The van der Waals surface area contributed by atoms with Crippen LogP contribution in [0.5, 0.6) is 0 Å². The Bertz CT molecular complexity index is 786. The van der Waals surface area contributed by atoms with Gasteiger partial charge in [0.05, 0.1) is 5.56 Å². The Morgan fingerprint density at radius 2 is 1.75 bits per heavy atom. The second-order valence-electron chi connectivity index (χ2n) is 8.07. The van der Waals surface area contributed by atoms with Gasteiger partial charge < -0.3 is 0 Å².